The SMILES string of the molecule is CC(C)(O)c1cc(F)c(Br)cc1OCc1ccccc1. The first-order valence-corrected chi connectivity index (χ1v) is 7.06. The Bertz CT molecular complexity index is 591. The monoisotopic (exact) mass is 338 g/mol. The van der Waals surface area contributed by atoms with Crippen molar-refractivity contribution in [3.8, 4) is 5.75 Å². The summed E-state index contributed by atoms with van der Waals surface area (Å²) in [6, 6.07) is 12.5. The molecule has 0 bridgehead atoms. The maximum absolute atomic E-state index is 13.6. The number of aliphatic hydroxyl groups is 1. The van der Waals surface area contributed by atoms with Crippen molar-refractivity contribution in [1.82, 2.24) is 0 Å². The Hall–Kier alpha value is -1.39. The normalized spacial score (nSPS) is 11.4. The van der Waals surface area contributed by atoms with Gasteiger partial charge in [-0.05, 0) is 47.5 Å². The van der Waals surface area contributed by atoms with Crippen molar-refractivity contribution in [2.75, 3.05) is 0 Å². The molecule has 4 heteroatoms. The van der Waals surface area contributed by atoms with Crippen LogP contribution in [0.5, 0.6) is 5.75 Å². The number of hydrogen-bond acceptors (Lipinski definition) is 2. The summed E-state index contributed by atoms with van der Waals surface area (Å²) in [4.78, 5) is 0. The Morgan fingerprint density at radius 3 is 2.45 bits per heavy atom. The van der Waals surface area contributed by atoms with Gasteiger partial charge in [-0.15, -0.1) is 0 Å². The zero-order valence-electron chi connectivity index (χ0n) is 11.4. The fourth-order valence-corrected chi connectivity index (χ4v) is 2.18. The Labute approximate surface area is 126 Å². The molecular weight excluding hydrogens is 323 g/mol. The summed E-state index contributed by atoms with van der Waals surface area (Å²) in [6.45, 7) is 3.57. The minimum atomic E-state index is -1.17. The lowest BCUT2D eigenvalue weighted by atomic mass is 9.97. The Balaban J connectivity index is 2.28. The van der Waals surface area contributed by atoms with Crippen LogP contribution in [0.25, 0.3) is 0 Å². The van der Waals surface area contributed by atoms with Gasteiger partial charge in [-0.3, -0.25) is 0 Å². The maximum atomic E-state index is 13.6. The third kappa shape index (κ3) is 3.58. The van der Waals surface area contributed by atoms with Gasteiger partial charge in [0.2, 0.25) is 0 Å². The molecule has 2 nitrogen and oxygen atoms in total. The predicted octanol–water partition coefficient (Wildman–Crippen LogP) is 4.39. The molecular formula is C16H16BrFO2. The van der Waals surface area contributed by atoms with Gasteiger partial charge in [0.1, 0.15) is 18.2 Å². The molecule has 0 atom stereocenters. The second-order valence-corrected chi connectivity index (χ2v) is 5.95. The van der Waals surface area contributed by atoms with Gasteiger partial charge in [-0.2, -0.15) is 0 Å². The van der Waals surface area contributed by atoms with Crippen LogP contribution in [0.3, 0.4) is 0 Å². The van der Waals surface area contributed by atoms with Gasteiger partial charge < -0.3 is 9.84 Å². The second kappa shape index (κ2) is 5.94. The minimum absolute atomic E-state index is 0.313. The Kier molecular flexibility index (Phi) is 4.45. The van der Waals surface area contributed by atoms with E-state index in [2.05, 4.69) is 15.9 Å². The van der Waals surface area contributed by atoms with E-state index in [1.54, 1.807) is 19.9 Å². The fraction of sp³-hybridized carbons (Fsp3) is 0.250. The van der Waals surface area contributed by atoms with Crippen molar-refractivity contribution in [2.24, 2.45) is 0 Å². The Morgan fingerprint density at radius 2 is 1.85 bits per heavy atom. The van der Waals surface area contributed by atoms with Crippen LogP contribution in [-0.4, -0.2) is 5.11 Å². The lowest BCUT2D eigenvalue weighted by molar-refractivity contribution is 0.0739. The molecule has 0 aliphatic heterocycles. The number of ether oxygens (including phenoxy) is 1. The number of hydrogen-bond donors (Lipinski definition) is 1. The molecule has 1 N–H and O–H groups in total. The average molecular weight is 339 g/mol. The molecule has 0 amide bonds. The average Bonchev–Trinajstić information content (AvgIpc) is 2.39. The minimum Gasteiger partial charge on any atom is -0.488 e. The van der Waals surface area contributed by atoms with Crippen molar-refractivity contribution < 1.29 is 14.2 Å². The highest BCUT2D eigenvalue weighted by molar-refractivity contribution is 9.10. The summed E-state index contributed by atoms with van der Waals surface area (Å²) >= 11 is 3.14. The van der Waals surface area contributed by atoms with E-state index >= 15 is 0 Å². The molecule has 0 unspecified atom stereocenters. The first-order chi connectivity index (χ1) is 9.38. The van der Waals surface area contributed by atoms with Crippen LogP contribution >= 0.6 is 15.9 Å². The summed E-state index contributed by atoms with van der Waals surface area (Å²) in [6.07, 6.45) is 0. The van der Waals surface area contributed by atoms with Crippen molar-refractivity contribution in [3.05, 3.63) is 63.9 Å². The van der Waals surface area contributed by atoms with Crippen LogP contribution in [-0.2, 0) is 12.2 Å². The van der Waals surface area contributed by atoms with Gasteiger partial charge in [-0.25, -0.2) is 4.39 Å². The molecule has 2 aromatic rings. The van der Waals surface area contributed by atoms with E-state index in [0.717, 1.165) is 5.56 Å². The van der Waals surface area contributed by atoms with Gasteiger partial charge >= 0.3 is 0 Å². The standard InChI is InChI=1S/C16H16BrFO2/c1-16(2,19)12-8-14(18)13(17)9-15(12)20-10-11-6-4-3-5-7-11/h3-9,19H,10H2,1-2H3. The number of halogens is 2. The van der Waals surface area contributed by atoms with Gasteiger partial charge in [0.15, 0.2) is 0 Å². The molecule has 0 heterocycles. The van der Waals surface area contributed by atoms with Crippen molar-refractivity contribution in [1.29, 1.82) is 0 Å². The largest absolute Gasteiger partial charge is 0.488 e. The van der Waals surface area contributed by atoms with Crippen molar-refractivity contribution in [3.63, 3.8) is 0 Å². The molecule has 20 heavy (non-hydrogen) atoms. The zero-order chi connectivity index (χ0) is 14.8. The zero-order valence-corrected chi connectivity index (χ0v) is 12.9. The van der Waals surface area contributed by atoms with Gasteiger partial charge in [-0.1, -0.05) is 30.3 Å². The summed E-state index contributed by atoms with van der Waals surface area (Å²) in [5.74, 6) is 0.0452. The highest BCUT2D eigenvalue weighted by Crippen LogP contribution is 2.34. The van der Waals surface area contributed by atoms with Crippen molar-refractivity contribution in [2.45, 2.75) is 26.1 Å². The maximum Gasteiger partial charge on any atom is 0.138 e. The molecule has 0 aromatic heterocycles. The summed E-state index contributed by atoms with van der Waals surface area (Å²) < 4.78 is 19.7. The number of rotatable bonds is 4. The molecule has 0 aliphatic carbocycles. The highest BCUT2D eigenvalue weighted by atomic mass is 79.9. The van der Waals surface area contributed by atoms with Crippen LogP contribution < -0.4 is 4.74 Å². The molecule has 0 spiro atoms. The molecule has 2 aromatic carbocycles. The molecule has 0 saturated carbocycles. The lowest BCUT2D eigenvalue weighted by Crippen LogP contribution is -2.17. The van der Waals surface area contributed by atoms with E-state index in [1.807, 2.05) is 30.3 Å². The van der Waals surface area contributed by atoms with E-state index in [-0.39, 0.29) is 0 Å². The summed E-state index contributed by atoms with van der Waals surface area (Å²) in [5, 5.41) is 10.1. The number of benzene rings is 2. The van der Waals surface area contributed by atoms with Crippen LogP contribution in [0.1, 0.15) is 25.0 Å². The first kappa shape index (κ1) is 15.0. The second-order valence-electron chi connectivity index (χ2n) is 5.10. The van der Waals surface area contributed by atoms with Gasteiger partial charge in [0, 0.05) is 5.56 Å². The van der Waals surface area contributed by atoms with E-state index in [4.69, 9.17) is 4.74 Å². The van der Waals surface area contributed by atoms with Crippen LogP contribution in [0.4, 0.5) is 4.39 Å². The Morgan fingerprint density at radius 1 is 1.20 bits per heavy atom. The third-order valence-electron chi connectivity index (χ3n) is 2.92. The van der Waals surface area contributed by atoms with Gasteiger partial charge in [0.25, 0.3) is 0 Å². The third-order valence-corrected chi connectivity index (χ3v) is 3.53. The molecule has 106 valence electrons. The quantitative estimate of drug-likeness (QED) is 0.895. The van der Waals surface area contributed by atoms with Crippen LogP contribution in [0.15, 0.2) is 46.9 Å². The highest BCUT2D eigenvalue weighted by Gasteiger charge is 2.23. The van der Waals surface area contributed by atoms with E-state index in [0.29, 0.717) is 22.4 Å². The van der Waals surface area contributed by atoms with Gasteiger partial charge in [0.05, 0.1) is 10.1 Å². The van der Waals surface area contributed by atoms with Crippen molar-refractivity contribution >= 4 is 15.9 Å². The van der Waals surface area contributed by atoms with E-state index < -0.39 is 11.4 Å². The molecule has 0 saturated heterocycles. The summed E-state index contributed by atoms with van der Waals surface area (Å²) in [7, 11) is 0. The fourth-order valence-electron chi connectivity index (χ4n) is 1.86. The molecule has 0 radical (unpaired) electrons. The van der Waals surface area contributed by atoms with E-state index in [9.17, 15) is 9.50 Å². The molecule has 0 aliphatic rings. The smallest absolute Gasteiger partial charge is 0.138 e. The van der Waals surface area contributed by atoms with Crippen LogP contribution in [0, 0.1) is 5.82 Å². The van der Waals surface area contributed by atoms with E-state index in [1.165, 1.54) is 6.07 Å². The molecule has 0 fully saturated rings. The lowest BCUT2D eigenvalue weighted by Gasteiger charge is -2.22. The topological polar surface area (TPSA) is 29.5 Å². The van der Waals surface area contributed by atoms with Crippen LogP contribution in [0.2, 0.25) is 0 Å². The predicted molar refractivity (Wildman–Crippen MR) is 80.1 cm³/mol. The summed E-state index contributed by atoms with van der Waals surface area (Å²) in [5.41, 5.74) is 0.261. The molecule has 2 rings (SSSR count). The first-order valence-electron chi connectivity index (χ1n) is 6.26.